The predicted octanol–water partition coefficient (Wildman–Crippen LogP) is 5.19. The van der Waals surface area contributed by atoms with Gasteiger partial charge in [-0.15, -0.1) is 0 Å². The Morgan fingerprint density at radius 1 is 1.10 bits per heavy atom. The molecule has 0 unspecified atom stereocenters. The number of aryl methyl sites for hydroxylation is 1. The van der Waals surface area contributed by atoms with Gasteiger partial charge in [-0.1, -0.05) is 18.2 Å². The molecule has 2 amide bonds. The largest absolute Gasteiger partial charge is 0.358 e. The first-order valence-electron chi connectivity index (χ1n) is 13.5. The van der Waals surface area contributed by atoms with Gasteiger partial charge in [0, 0.05) is 36.1 Å². The Labute approximate surface area is 226 Å². The zero-order chi connectivity index (χ0) is 27.1. The molecular formula is C31H30FN5O2. The molecule has 3 aliphatic heterocycles. The third kappa shape index (κ3) is 4.64. The van der Waals surface area contributed by atoms with Gasteiger partial charge < -0.3 is 20.1 Å². The molecule has 2 saturated heterocycles. The number of aromatic amines is 1. The van der Waals surface area contributed by atoms with Gasteiger partial charge in [-0.3, -0.25) is 9.59 Å². The molecule has 6 rings (SSSR count). The number of H-pyrrole nitrogens is 1. The number of halogens is 1. The highest BCUT2D eigenvalue weighted by Gasteiger charge is 2.31. The van der Waals surface area contributed by atoms with Crippen molar-refractivity contribution >= 4 is 29.2 Å². The van der Waals surface area contributed by atoms with E-state index in [0.717, 1.165) is 44.7 Å². The number of aromatic nitrogens is 1. The molecule has 39 heavy (non-hydrogen) atoms. The lowest BCUT2D eigenvalue weighted by molar-refractivity contribution is -0.110. The minimum Gasteiger partial charge on any atom is -0.358 e. The van der Waals surface area contributed by atoms with Crippen LogP contribution in [0.3, 0.4) is 0 Å². The highest BCUT2D eigenvalue weighted by atomic mass is 19.1. The molecule has 1 aromatic heterocycles. The summed E-state index contributed by atoms with van der Waals surface area (Å²) in [5.74, 6) is -0.902. The second kappa shape index (κ2) is 10.2. The van der Waals surface area contributed by atoms with E-state index in [4.69, 9.17) is 0 Å². The number of nitrogens with zero attached hydrogens (tertiary/aromatic N) is 3. The fourth-order valence-electron chi connectivity index (χ4n) is 6.16. The lowest BCUT2D eigenvalue weighted by Crippen LogP contribution is -2.46. The predicted molar refractivity (Wildman–Crippen MR) is 148 cm³/mol. The number of carbonyl (C=O) groups is 2. The van der Waals surface area contributed by atoms with Crippen molar-refractivity contribution < 1.29 is 14.0 Å². The first-order valence-corrected chi connectivity index (χ1v) is 13.5. The molecular weight excluding hydrogens is 493 g/mol. The van der Waals surface area contributed by atoms with Gasteiger partial charge in [0.15, 0.2) is 0 Å². The van der Waals surface area contributed by atoms with Gasteiger partial charge in [0.1, 0.15) is 11.9 Å². The number of carbonyl (C=O) groups excluding carboxylic acids is 2. The number of amides is 2. The van der Waals surface area contributed by atoms with Crippen LogP contribution >= 0.6 is 0 Å². The number of nitriles is 1. The van der Waals surface area contributed by atoms with Crippen LogP contribution in [0.5, 0.6) is 0 Å². The quantitative estimate of drug-likeness (QED) is 0.460. The van der Waals surface area contributed by atoms with Crippen LogP contribution in [0.25, 0.3) is 22.8 Å². The molecule has 2 fully saturated rings. The summed E-state index contributed by atoms with van der Waals surface area (Å²) in [6, 6.07) is 14.1. The second-order valence-corrected chi connectivity index (χ2v) is 10.6. The standard InChI is InChI=1S/C31H30FN5O2/c1-19-15-24(31(39)37-13-9-22(10-14-37)36-11-2-3-12-36)28(34-19)17-25-29-23(5-4-6-27(29)35-30(25)38)20-7-8-26(32)21(16-20)18-33/h4-8,15-17,22,34H,2-3,9-14H2,1H3,(H,35,38)/b25-17-. The van der Waals surface area contributed by atoms with Crippen LogP contribution in [0.15, 0.2) is 42.5 Å². The smallest absolute Gasteiger partial charge is 0.256 e. The molecule has 3 aliphatic rings. The number of rotatable bonds is 4. The Hall–Kier alpha value is -4.22. The number of likely N-dealkylation sites (tertiary alicyclic amines) is 2. The van der Waals surface area contributed by atoms with Crippen molar-refractivity contribution in [1.82, 2.24) is 14.8 Å². The number of hydrogen-bond donors (Lipinski definition) is 2. The number of benzene rings is 2. The maximum atomic E-state index is 14.0. The monoisotopic (exact) mass is 523 g/mol. The average Bonchev–Trinajstić information content (AvgIpc) is 3.68. The third-order valence-electron chi connectivity index (χ3n) is 8.14. The third-order valence-corrected chi connectivity index (χ3v) is 8.14. The van der Waals surface area contributed by atoms with Crippen molar-refractivity contribution in [2.75, 3.05) is 31.5 Å². The number of hydrogen-bond acceptors (Lipinski definition) is 4. The van der Waals surface area contributed by atoms with E-state index < -0.39 is 5.82 Å². The van der Waals surface area contributed by atoms with Crippen LogP contribution in [0.1, 0.15) is 58.6 Å². The van der Waals surface area contributed by atoms with E-state index in [1.165, 1.54) is 25.0 Å². The van der Waals surface area contributed by atoms with E-state index >= 15 is 0 Å². The molecule has 2 N–H and O–H groups in total. The summed E-state index contributed by atoms with van der Waals surface area (Å²) in [6.45, 7) is 5.66. The molecule has 7 nitrogen and oxygen atoms in total. The summed E-state index contributed by atoms with van der Waals surface area (Å²) in [5.41, 5.74) is 4.95. The van der Waals surface area contributed by atoms with Crippen molar-refractivity contribution in [3.05, 3.63) is 76.4 Å². The van der Waals surface area contributed by atoms with E-state index in [9.17, 15) is 19.2 Å². The van der Waals surface area contributed by atoms with Crippen molar-refractivity contribution in [3.8, 4) is 17.2 Å². The Kier molecular flexibility index (Phi) is 6.53. The molecule has 0 aliphatic carbocycles. The average molecular weight is 524 g/mol. The molecule has 0 atom stereocenters. The van der Waals surface area contributed by atoms with Crippen LogP contribution in [0.2, 0.25) is 0 Å². The molecule has 198 valence electrons. The second-order valence-electron chi connectivity index (χ2n) is 10.6. The van der Waals surface area contributed by atoms with Gasteiger partial charge in [-0.2, -0.15) is 5.26 Å². The van der Waals surface area contributed by atoms with Gasteiger partial charge in [0.2, 0.25) is 0 Å². The summed E-state index contributed by atoms with van der Waals surface area (Å²) in [7, 11) is 0. The molecule has 0 spiro atoms. The zero-order valence-electron chi connectivity index (χ0n) is 21.9. The van der Waals surface area contributed by atoms with Gasteiger partial charge >= 0.3 is 0 Å². The van der Waals surface area contributed by atoms with Crippen molar-refractivity contribution in [1.29, 1.82) is 5.26 Å². The van der Waals surface area contributed by atoms with Crippen molar-refractivity contribution in [2.45, 2.75) is 38.6 Å². The van der Waals surface area contributed by atoms with Gasteiger partial charge in [0.05, 0.1) is 22.4 Å². The number of nitrogens with one attached hydrogen (secondary N) is 2. The van der Waals surface area contributed by atoms with Crippen molar-refractivity contribution in [3.63, 3.8) is 0 Å². The number of piperidine rings is 1. The molecule has 8 heteroatoms. The molecule has 0 saturated carbocycles. The summed E-state index contributed by atoms with van der Waals surface area (Å²) >= 11 is 0. The topological polar surface area (TPSA) is 92.2 Å². The highest BCUT2D eigenvalue weighted by molar-refractivity contribution is 6.36. The Balaban J connectivity index is 1.32. The normalized spacial score (nSPS) is 18.8. The van der Waals surface area contributed by atoms with E-state index in [2.05, 4.69) is 15.2 Å². The first-order chi connectivity index (χ1) is 18.9. The molecule has 3 aromatic rings. The van der Waals surface area contributed by atoms with Crippen LogP contribution in [-0.2, 0) is 4.79 Å². The zero-order valence-corrected chi connectivity index (χ0v) is 21.9. The number of anilines is 1. The van der Waals surface area contributed by atoms with E-state index in [1.807, 2.05) is 42.2 Å². The summed E-state index contributed by atoms with van der Waals surface area (Å²) in [6.07, 6.45) is 6.22. The lowest BCUT2D eigenvalue weighted by Gasteiger charge is -2.36. The van der Waals surface area contributed by atoms with Crippen molar-refractivity contribution in [2.24, 2.45) is 0 Å². The minimum absolute atomic E-state index is 0.0322. The van der Waals surface area contributed by atoms with Gasteiger partial charge in [0.25, 0.3) is 11.8 Å². The molecule has 0 radical (unpaired) electrons. The fraction of sp³-hybridized carbons (Fsp3) is 0.323. The van der Waals surface area contributed by atoms with Crippen LogP contribution in [0.4, 0.5) is 10.1 Å². The van der Waals surface area contributed by atoms with E-state index in [-0.39, 0.29) is 17.4 Å². The van der Waals surface area contributed by atoms with E-state index in [1.54, 1.807) is 12.1 Å². The Morgan fingerprint density at radius 3 is 2.62 bits per heavy atom. The van der Waals surface area contributed by atoms with Crippen LogP contribution in [0, 0.1) is 24.1 Å². The van der Waals surface area contributed by atoms with Crippen LogP contribution in [-0.4, -0.2) is 58.8 Å². The van der Waals surface area contributed by atoms with Crippen LogP contribution < -0.4 is 5.32 Å². The maximum absolute atomic E-state index is 14.0. The van der Waals surface area contributed by atoms with E-state index in [0.29, 0.717) is 45.3 Å². The Bertz CT molecular complexity index is 1530. The summed E-state index contributed by atoms with van der Waals surface area (Å²) in [4.78, 5) is 34.6. The summed E-state index contributed by atoms with van der Waals surface area (Å²) < 4.78 is 14.0. The maximum Gasteiger partial charge on any atom is 0.256 e. The lowest BCUT2D eigenvalue weighted by atomic mass is 9.93. The molecule has 4 heterocycles. The molecule has 2 aromatic carbocycles. The molecule has 0 bridgehead atoms. The summed E-state index contributed by atoms with van der Waals surface area (Å²) in [5, 5.41) is 12.2. The Morgan fingerprint density at radius 2 is 1.87 bits per heavy atom. The SMILES string of the molecule is Cc1cc(C(=O)N2CCC(N3CCCC3)CC2)c(/C=C2\C(=O)Nc3cccc(-c4ccc(F)c(C#N)c4)c32)[nH]1. The highest BCUT2D eigenvalue weighted by Crippen LogP contribution is 2.41. The number of fused-ring (bicyclic) bond motifs is 1. The first kappa shape index (κ1) is 25.1. The minimum atomic E-state index is -0.590. The fourth-order valence-corrected chi connectivity index (χ4v) is 6.16. The van der Waals surface area contributed by atoms with Gasteiger partial charge in [-0.25, -0.2) is 4.39 Å². The van der Waals surface area contributed by atoms with Gasteiger partial charge in [-0.05, 0) is 87.2 Å².